The van der Waals surface area contributed by atoms with E-state index >= 15 is 0 Å². The van der Waals surface area contributed by atoms with E-state index in [9.17, 15) is 14.4 Å². The van der Waals surface area contributed by atoms with Crippen molar-refractivity contribution in [1.82, 2.24) is 14.8 Å². The fraction of sp³-hybridized carbons (Fsp3) is 0.105. The highest BCUT2D eigenvalue weighted by Gasteiger charge is 2.12. The molecule has 4 aromatic rings. The van der Waals surface area contributed by atoms with Gasteiger partial charge in [-0.3, -0.25) is 14.4 Å². The maximum Gasteiger partial charge on any atom is 0.275 e. The Morgan fingerprint density at radius 3 is 2.79 bits per heavy atom. The van der Waals surface area contributed by atoms with Crippen molar-refractivity contribution in [2.24, 2.45) is 0 Å². The lowest BCUT2D eigenvalue weighted by Crippen LogP contribution is -2.29. The molecule has 8 nitrogen and oxygen atoms in total. The molecule has 2 aromatic heterocycles. The summed E-state index contributed by atoms with van der Waals surface area (Å²) >= 11 is 1.28. The number of nitrogens with one attached hydrogen (secondary N) is 2. The second-order valence-corrected chi connectivity index (χ2v) is 7.16. The van der Waals surface area contributed by atoms with Crippen molar-refractivity contribution in [1.29, 1.82) is 0 Å². The quantitative estimate of drug-likeness (QED) is 0.554. The highest BCUT2D eigenvalue weighted by molar-refractivity contribution is 7.22. The zero-order valence-corrected chi connectivity index (χ0v) is 15.6. The van der Waals surface area contributed by atoms with Gasteiger partial charge in [-0.2, -0.15) is 5.10 Å². The van der Waals surface area contributed by atoms with Crippen molar-refractivity contribution in [2.75, 3.05) is 10.6 Å². The Kier molecular flexibility index (Phi) is 4.58. The van der Waals surface area contributed by atoms with Crippen LogP contribution in [0, 0.1) is 0 Å². The van der Waals surface area contributed by atoms with Crippen LogP contribution in [0.1, 0.15) is 6.92 Å². The van der Waals surface area contributed by atoms with Crippen LogP contribution in [0.15, 0.2) is 53.5 Å². The van der Waals surface area contributed by atoms with Crippen LogP contribution in [0.2, 0.25) is 0 Å². The lowest BCUT2D eigenvalue weighted by molar-refractivity contribution is -0.117. The minimum Gasteiger partial charge on any atom is -0.326 e. The van der Waals surface area contributed by atoms with Crippen LogP contribution in [0.4, 0.5) is 10.8 Å². The molecule has 2 amide bonds. The van der Waals surface area contributed by atoms with Crippen LogP contribution in [-0.2, 0) is 16.1 Å². The van der Waals surface area contributed by atoms with Gasteiger partial charge >= 0.3 is 0 Å². The number of thiazole rings is 1. The molecular weight excluding hydrogens is 378 g/mol. The normalized spacial score (nSPS) is 10.9. The van der Waals surface area contributed by atoms with E-state index in [0.29, 0.717) is 21.7 Å². The molecule has 2 aromatic carbocycles. The fourth-order valence-corrected chi connectivity index (χ4v) is 3.72. The third-order valence-corrected chi connectivity index (χ3v) is 4.94. The first-order valence-electron chi connectivity index (χ1n) is 8.42. The predicted octanol–water partition coefficient (Wildman–Crippen LogP) is 2.60. The minimum absolute atomic E-state index is 0.161. The van der Waals surface area contributed by atoms with E-state index in [-0.39, 0.29) is 18.0 Å². The van der Waals surface area contributed by atoms with Crippen LogP contribution in [-0.4, -0.2) is 26.6 Å². The predicted molar refractivity (Wildman–Crippen MR) is 109 cm³/mol. The van der Waals surface area contributed by atoms with Crippen LogP contribution < -0.4 is 16.2 Å². The Balaban J connectivity index is 1.53. The lowest BCUT2D eigenvalue weighted by atomic mass is 10.2. The van der Waals surface area contributed by atoms with Gasteiger partial charge in [0.1, 0.15) is 6.54 Å². The number of benzene rings is 2. The van der Waals surface area contributed by atoms with Gasteiger partial charge in [-0.1, -0.05) is 29.5 Å². The molecule has 28 heavy (non-hydrogen) atoms. The van der Waals surface area contributed by atoms with Gasteiger partial charge in [-0.15, -0.1) is 0 Å². The largest absolute Gasteiger partial charge is 0.326 e. The van der Waals surface area contributed by atoms with Crippen LogP contribution in [0.5, 0.6) is 0 Å². The molecule has 0 aliphatic carbocycles. The number of aromatic nitrogens is 3. The van der Waals surface area contributed by atoms with Gasteiger partial charge < -0.3 is 10.6 Å². The van der Waals surface area contributed by atoms with Crippen LogP contribution in [0.3, 0.4) is 0 Å². The van der Waals surface area contributed by atoms with E-state index in [2.05, 4.69) is 20.7 Å². The van der Waals surface area contributed by atoms with Crippen molar-refractivity contribution in [3.8, 4) is 0 Å². The smallest absolute Gasteiger partial charge is 0.275 e. The van der Waals surface area contributed by atoms with Gasteiger partial charge in [0.2, 0.25) is 11.8 Å². The molecule has 0 atom stereocenters. The highest BCUT2D eigenvalue weighted by Crippen LogP contribution is 2.28. The fourth-order valence-electron chi connectivity index (χ4n) is 2.79. The van der Waals surface area contributed by atoms with Gasteiger partial charge in [0.25, 0.3) is 5.56 Å². The molecule has 0 unspecified atom stereocenters. The molecule has 0 radical (unpaired) electrons. The monoisotopic (exact) mass is 393 g/mol. The number of nitrogens with zero attached hydrogens (tertiary/aromatic N) is 3. The summed E-state index contributed by atoms with van der Waals surface area (Å²) in [6.07, 6.45) is 1.56. The highest BCUT2D eigenvalue weighted by atomic mass is 32.1. The third kappa shape index (κ3) is 3.60. The zero-order valence-electron chi connectivity index (χ0n) is 14.8. The Morgan fingerprint density at radius 2 is 1.96 bits per heavy atom. The van der Waals surface area contributed by atoms with Crippen molar-refractivity contribution >= 4 is 55.0 Å². The van der Waals surface area contributed by atoms with Crippen LogP contribution >= 0.6 is 11.3 Å². The number of rotatable bonds is 4. The summed E-state index contributed by atoms with van der Waals surface area (Å²) in [5, 5.41) is 11.1. The van der Waals surface area contributed by atoms with Gasteiger partial charge in [-0.25, -0.2) is 9.67 Å². The Bertz CT molecular complexity index is 1280. The van der Waals surface area contributed by atoms with E-state index in [1.165, 1.54) is 18.3 Å². The molecule has 4 rings (SSSR count). The van der Waals surface area contributed by atoms with E-state index in [1.54, 1.807) is 42.6 Å². The molecule has 0 spiro atoms. The van der Waals surface area contributed by atoms with Crippen molar-refractivity contribution in [3.05, 3.63) is 59.0 Å². The molecule has 9 heteroatoms. The van der Waals surface area contributed by atoms with Crippen molar-refractivity contribution in [2.45, 2.75) is 13.5 Å². The van der Waals surface area contributed by atoms with E-state index < -0.39 is 5.91 Å². The molecular formula is C19H15N5O3S. The van der Waals surface area contributed by atoms with Gasteiger partial charge in [-0.05, 0) is 24.3 Å². The summed E-state index contributed by atoms with van der Waals surface area (Å²) in [5.74, 6) is -0.559. The van der Waals surface area contributed by atoms with E-state index in [1.807, 2.05) is 6.07 Å². The topological polar surface area (TPSA) is 106 Å². The summed E-state index contributed by atoms with van der Waals surface area (Å²) in [6, 6.07) is 12.4. The number of carbonyl (C=O) groups excluding carboxylic acids is 2. The summed E-state index contributed by atoms with van der Waals surface area (Å²) in [5.41, 5.74) is 1.04. The number of amides is 2. The molecule has 0 aliphatic rings. The first kappa shape index (κ1) is 17.8. The number of carbonyl (C=O) groups is 2. The third-order valence-electron chi connectivity index (χ3n) is 4.01. The summed E-state index contributed by atoms with van der Waals surface area (Å²) in [6.45, 7) is 1.22. The summed E-state index contributed by atoms with van der Waals surface area (Å²) in [7, 11) is 0. The standard InChI is InChI=1S/C19H15N5O3S/c1-11(25)21-13-6-7-15-16(8-13)28-19(22-15)23-17(26)10-24-18(27)14-5-3-2-4-12(14)9-20-24/h2-9H,10H2,1H3,(H,21,25)(H,22,23,26). The second kappa shape index (κ2) is 7.20. The molecule has 2 N–H and O–H groups in total. The Hall–Kier alpha value is -3.59. The van der Waals surface area contributed by atoms with Gasteiger partial charge in [0, 0.05) is 18.0 Å². The van der Waals surface area contributed by atoms with Gasteiger partial charge in [0.05, 0.1) is 21.8 Å². The first-order valence-corrected chi connectivity index (χ1v) is 9.24. The molecule has 0 saturated heterocycles. The van der Waals surface area contributed by atoms with Crippen LogP contribution in [0.25, 0.3) is 21.0 Å². The van der Waals surface area contributed by atoms with E-state index in [0.717, 1.165) is 14.8 Å². The summed E-state index contributed by atoms with van der Waals surface area (Å²) < 4.78 is 1.95. The number of anilines is 2. The maximum atomic E-state index is 12.5. The zero-order chi connectivity index (χ0) is 19.7. The average Bonchev–Trinajstić information content (AvgIpc) is 3.05. The average molecular weight is 393 g/mol. The van der Waals surface area contributed by atoms with Gasteiger partial charge in [0.15, 0.2) is 5.13 Å². The number of hydrogen-bond donors (Lipinski definition) is 2. The molecule has 0 saturated carbocycles. The lowest BCUT2D eigenvalue weighted by Gasteiger charge is -2.05. The maximum absolute atomic E-state index is 12.5. The molecule has 0 bridgehead atoms. The molecule has 0 aliphatic heterocycles. The summed E-state index contributed by atoms with van der Waals surface area (Å²) in [4.78, 5) is 40.3. The first-order chi connectivity index (χ1) is 13.5. The number of hydrogen-bond acceptors (Lipinski definition) is 6. The van der Waals surface area contributed by atoms with E-state index in [4.69, 9.17) is 0 Å². The molecule has 140 valence electrons. The Labute approximate surface area is 162 Å². The van der Waals surface area contributed by atoms with Crippen molar-refractivity contribution < 1.29 is 9.59 Å². The second-order valence-electron chi connectivity index (χ2n) is 6.13. The molecule has 2 heterocycles. The Morgan fingerprint density at radius 1 is 1.14 bits per heavy atom. The van der Waals surface area contributed by atoms with Crippen molar-refractivity contribution in [3.63, 3.8) is 0 Å². The minimum atomic E-state index is -0.397. The number of fused-ring (bicyclic) bond motifs is 2. The molecule has 0 fully saturated rings. The SMILES string of the molecule is CC(=O)Nc1ccc2nc(NC(=O)Cn3ncc4ccccc4c3=O)sc2c1.